The highest BCUT2D eigenvalue weighted by atomic mass is 16.5. The van der Waals surface area contributed by atoms with Gasteiger partial charge in [-0.2, -0.15) is 0 Å². The molecule has 0 saturated carbocycles. The van der Waals surface area contributed by atoms with E-state index in [1.807, 2.05) is 0 Å². The Kier molecular flexibility index (Phi) is 9.06. The van der Waals surface area contributed by atoms with Crippen LogP contribution in [0.3, 0.4) is 0 Å². The summed E-state index contributed by atoms with van der Waals surface area (Å²) in [6.07, 6.45) is 9.35. The van der Waals surface area contributed by atoms with Crippen LogP contribution in [-0.2, 0) is 10.8 Å². The fourth-order valence-electron chi connectivity index (χ4n) is 14.8. The van der Waals surface area contributed by atoms with Crippen molar-refractivity contribution in [2.75, 3.05) is 4.90 Å². The minimum absolute atomic E-state index is 0.126. The standard InChI is InChI=1S/C74H48N2O2/c1-2-20-49(21-3-1)76-67-32-13-6-25-55(67)56-40-37-48(44-68(56)76)47-19-18-22-50(43-47)75(51-38-41-61-57(45-51)53-23-4-7-26-59(53)73(61)63-28-9-14-33-69(63)77-70-34-15-10-29-64(70)73)52-39-42-62-58(46-52)54-24-5-8-27-60(54)74(62)65-30-11-16-35-71(65)78-72-36-17-12-31-66(72)74/h1-46,53,59H. The maximum absolute atomic E-state index is 6.74. The average Bonchev–Trinajstić information content (AvgIpc) is 3.49. The first kappa shape index (κ1) is 43.4. The lowest BCUT2D eigenvalue weighted by Crippen LogP contribution is -2.37. The number of anilines is 3. The lowest BCUT2D eigenvalue weighted by Gasteiger charge is -2.43. The zero-order chi connectivity index (χ0) is 51.1. The predicted octanol–water partition coefficient (Wildman–Crippen LogP) is 18.7. The maximum atomic E-state index is 6.74. The third-order valence-corrected chi connectivity index (χ3v) is 17.8. The Morgan fingerprint density at radius 1 is 0.359 bits per heavy atom. The van der Waals surface area contributed by atoms with Crippen LogP contribution >= 0.6 is 0 Å². The van der Waals surface area contributed by atoms with Crippen LogP contribution in [0.15, 0.2) is 279 Å². The molecule has 3 heterocycles. The highest BCUT2D eigenvalue weighted by Gasteiger charge is 2.57. The summed E-state index contributed by atoms with van der Waals surface area (Å²) in [5.74, 6) is 3.87. The maximum Gasteiger partial charge on any atom is 0.132 e. The molecule has 78 heavy (non-hydrogen) atoms. The Morgan fingerprint density at radius 3 is 1.65 bits per heavy atom. The largest absolute Gasteiger partial charge is 0.457 e. The van der Waals surface area contributed by atoms with Gasteiger partial charge in [-0.25, -0.2) is 0 Å². The van der Waals surface area contributed by atoms with Crippen LogP contribution in [0.1, 0.15) is 50.4 Å². The Balaban J connectivity index is 0.895. The molecule has 4 heteroatoms. The quantitative estimate of drug-likeness (QED) is 0.172. The summed E-state index contributed by atoms with van der Waals surface area (Å²) in [7, 11) is 0. The molecule has 0 saturated heterocycles. The second-order valence-electron chi connectivity index (χ2n) is 21.4. The van der Waals surface area contributed by atoms with Crippen molar-refractivity contribution in [2.45, 2.75) is 16.7 Å². The molecule has 0 radical (unpaired) electrons. The summed E-state index contributed by atoms with van der Waals surface area (Å²) in [5, 5.41) is 2.48. The second-order valence-corrected chi connectivity index (χ2v) is 21.4. The Labute approximate surface area is 452 Å². The van der Waals surface area contributed by atoms with Gasteiger partial charge in [0.1, 0.15) is 23.0 Å². The number of para-hydroxylation sites is 6. The minimum atomic E-state index is -0.574. The SMILES string of the molecule is C1=CC2c3cc(N(c4cccc(-c5ccc6c7ccccc7n(-c7ccccc7)c6c5)c4)c4ccc5c(c4)-c4ccccc4C54c5ccccc5Oc5ccccc54)ccc3C3(c4ccccc4Oc4ccccc43)C2C=C1. The molecule has 5 aliphatic rings. The third kappa shape index (κ3) is 5.78. The van der Waals surface area contributed by atoms with Gasteiger partial charge in [0.2, 0.25) is 0 Å². The van der Waals surface area contributed by atoms with E-state index in [0.717, 1.165) is 68.0 Å². The summed E-state index contributed by atoms with van der Waals surface area (Å²) >= 11 is 0. The van der Waals surface area contributed by atoms with E-state index < -0.39 is 10.8 Å². The van der Waals surface area contributed by atoms with E-state index >= 15 is 0 Å². The van der Waals surface area contributed by atoms with Gasteiger partial charge in [0.15, 0.2) is 0 Å². The smallest absolute Gasteiger partial charge is 0.132 e. The van der Waals surface area contributed by atoms with Gasteiger partial charge in [-0.15, -0.1) is 0 Å². The van der Waals surface area contributed by atoms with Gasteiger partial charge in [0, 0.05) is 67.6 Å². The second kappa shape index (κ2) is 16.3. The van der Waals surface area contributed by atoms with E-state index in [0.29, 0.717) is 0 Å². The van der Waals surface area contributed by atoms with Gasteiger partial charge in [0.05, 0.1) is 21.9 Å². The Hall–Kier alpha value is -9.90. The van der Waals surface area contributed by atoms with E-state index in [4.69, 9.17) is 9.47 Å². The molecule has 0 N–H and O–H groups in total. The molecule has 0 bridgehead atoms. The molecule has 2 unspecified atom stereocenters. The van der Waals surface area contributed by atoms with Crippen molar-refractivity contribution in [3.8, 4) is 50.9 Å². The van der Waals surface area contributed by atoms with Crippen LogP contribution in [0.4, 0.5) is 17.1 Å². The Morgan fingerprint density at radius 2 is 0.910 bits per heavy atom. The molecule has 2 atom stereocenters. The molecule has 1 aromatic heterocycles. The van der Waals surface area contributed by atoms with E-state index in [-0.39, 0.29) is 11.8 Å². The Bertz CT molecular complexity index is 4470. The number of nitrogens with zero attached hydrogens (tertiary/aromatic N) is 2. The first-order valence-electron chi connectivity index (χ1n) is 27.1. The van der Waals surface area contributed by atoms with Crippen molar-refractivity contribution in [3.05, 3.63) is 324 Å². The molecular weight excluding hydrogens is 949 g/mol. The summed E-state index contributed by atoms with van der Waals surface area (Å²) < 4.78 is 15.9. The van der Waals surface area contributed by atoms with Crippen molar-refractivity contribution < 1.29 is 9.47 Å². The van der Waals surface area contributed by atoms with Crippen molar-refractivity contribution in [1.82, 2.24) is 4.57 Å². The number of allylic oxidation sites excluding steroid dienone is 4. The van der Waals surface area contributed by atoms with E-state index in [2.05, 4.69) is 289 Å². The van der Waals surface area contributed by atoms with Gasteiger partial charge < -0.3 is 18.9 Å². The van der Waals surface area contributed by atoms with Crippen molar-refractivity contribution in [3.63, 3.8) is 0 Å². The van der Waals surface area contributed by atoms with Crippen LogP contribution in [0.2, 0.25) is 0 Å². The van der Waals surface area contributed by atoms with Gasteiger partial charge in [-0.3, -0.25) is 0 Å². The summed E-state index contributed by atoms with van der Waals surface area (Å²) in [6, 6.07) is 93.8. The first-order valence-corrected chi connectivity index (χ1v) is 27.1. The molecule has 17 rings (SSSR count). The van der Waals surface area contributed by atoms with Crippen molar-refractivity contribution in [1.29, 1.82) is 0 Å². The van der Waals surface area contributed by atoms with E-state index in [1.165, 1.54) is 66.3 Å². The highest BCUT2D eigenvalue weighted by molar-refractivity contribution is 6.10. The van der Waals surface area contributed by atoms with E-state index in [1.54, 1.807) is 0 Å². The van der Waals surface area contributed by atoms with Crippen LogP contribution < -0.4 is 14.4 Å². The number of ether oxygens (including phenoxy) is 2. The summed E-state index contributed by atoms with van der Waals surface area (Å²) in [6.45, 7) is 0. The molecule has 2 spiro atoms. The minimum Gasteiger partial charge on any atom is -0.457 e. The highest BCUT2D eigenvalue weighted by Crippen LogP contribution is 2.66. The zero-order valence-electron chi connectivity index (χ0n) is 42.4. The van der Waals surface area contributed by atoms with Gasteiger partial charge in [-0.05, 0) is 129 Å². The molecule has 3 aliphatic carbocycles. The molecule has 11 aromatic carbocycles. The monoisotopic (exact) mass is 996 g/mol. The number of fused-ring (bicyclic) bond motifs is 21. The first-order chi connectivity index (χ1) is 38.7. The lowest BCUT2D eigenvalue weighted by atomic mass is 9.62. The molecule has 4 nitrogen and oxygen atoms in total. The normalized spacial score (nSPS) is 16.8. The van der Waals surface area contributed by atoms with Crippen LogP contribution in [-0.4, -0.2) is 4.57 Å². The molecule has 0 fully saturated rings. The molecule has 0 amide bonds. The average molecular weight is 997 g/mol. The van der Waals surface area contributed by atoms with Gasteiger partial charge in [0.25, 0.3) is 0 Å². The third-order valence-electron chi connectivity index (χ3n) is 17.8. The molecular formula is C74H48N2O2. The van der Waals surface area contributed by atoms with Gasteiger partial charge >= 0.3 is 0 Å². The van der Waals surface area contributed by atoms with E-state index in [9.17, 15) is 0 Å². The molecule has 12 aromatic rings. The van der Waals surface area contributed by atoms with Crippen LogP contribution in [0.25, 0.3) is 49.7 Å². The molecule has 366 valence electrons. The predicted molar refractivity (Wildman–Crippen MR) is 316 cm³/mol. The number of rotatable bonds is 5. The van der Waals surface area contributed by atoms with Crippen LogP contribution in [0, 0.1) is 5.92 Å². The van der Waals surface area contributed by atoms with Crippen LogP contribution in [0.5, 0.6) is 23.0 Å². The van der Waals surface area contributed by atoms with Crippen molar-refractivity contribution >= 4 is 38.9 Å². The number of hydrogen-bond acceptors (Lipinski definition) is 3. The lowest BCUT2D eigenvalue weighted by molar-refractivity contribution is 0.374. The summed E-state index contributed by atoms with van der Waals surface area (Å²) in [5.41, 5.74) is 20.4. The van der Waals surface area contributed by atoms with Crippen molar-refractivity contribution in [2.24, 2.45) is 5.92 Å². The zero-order valence-corrected chi connectivity index (χ0v) is 42.4. The fourth-order valence-corrected chi connectivity index (χ4v) is 14.8. The number of hydrogen-bond donors (Lipinski definition) is 0. The number of aromatic nitrogens is 1. The molecule has 2 aliphatic heterocycles. The summed E-state index contributed by atoms with van der Waals surface area (Å²) in [4.78, 5) is 2.50. The fraction of sp³-hybridized carbons (Fsp3) is 0.0541. The van der Waals surface area contributed by atoms with Gasteiger partial charge in [-0.1, -0.05) is 194 Å². The number of benzene rings is 11. The topological polar surface area (TPSA) is 26.6 Å².